The second-order valence-corrected chi connectivity index (χ2v) is 28.8. The van der Waals surface area contributed by atoms with Gasteiger partial charge < -0.3 is 105 Å². The Hall–Kier alpha value is -8.55. The first-order valence-corrected chi connectivity index (χ1v) is 35.6. The molecule has 0 aromatic carbocycles. The van der Waals surface area contributed by atoms with E-state index in [2.05, 4.69) is 86.4 Å². The summed E-state index contributed by atoms with van der Waals surface area (Å²) in [4.78, 5) is 213. The standard InChI is InChI=1S/C66H112N18O18S/c1-31(2)20-42(57(93)73-36(11)55(91)75-43(21-32(3)4)58(94)76-44(22-33(5)6)59(95)82-53(38(13)87)64(100)81-51(35(9)10)62(98)74-41(54(68)90)24-39-25-69-30-72-39)77-60(96)47-16-15-19-84(47)66(102)46(28-85)79-61(97)48-17-14-18-83(48)65(101)45(23-34(7)8)78-63(99)52(37(12)86)80-50(89)27-70-49(88)26-71-56(92)40(67)29-103/h25,30-38,40-48,51-53,85-87,103H,14-24,26-29,67H2,1-13H3,(H2,68,90)(H,69,72)(H,70,88)(H,71,92)(H,73,93)(H,74,98)(H,75,91)(H,76,94)(H,77,96)(H,78,99)(H,79,97)(H,80,89)(H,81,100)(H,82,95)/t36-,37+,38+,40-,41-,42-,43-,44-,45-,46-,47-,48-,51-,52-,53-/m0/s1. The third-order valence-electron chi connectivity index (χ3n) is 17.0. The van der Waals surface area contributed by atoms with Crippen molar-refractivity contribution in [1.82, 2.24) is 83.6 Å². The maximum absolute atomic E-state index is 14.3. The summed E-state index contributed by atoms with van der Waals surface area (Å²) in [5, 5.41) is 62.2. The number of carbonyl (C=O) groups is 15. The number of imidazole rings is 1. The van der Waals surface area contributed by atoms with Gasteiger partial charge in [0, 0.05) is 37.2 Å². The Kier molecular flexibility index (Phi) is 36.9. The fourth-order valence-electron chi connectivity index (χ4n) is 11.5. The van der Waals surface area contributed by atoms with E-state index in [1.807, 2.05) is 0 Å². The summed E-state index contributed by atoms with van der Waals surface area (Å²) in [5.74, 6) is -13.8. The average molecular weight is 1480 g/mol. The maximum atomic E-state index is 14.3. The molecule has 36 nitrogen and oxygen atoms in total. The molecule has 15 atom stereocenters. The lowest BCUT2D eigenvalue weighted by atomic mass is 9.99. The molecule has 3 rings (SSSR count). The van der Waals surface area contributed by atoms with E-state index in [1.54, 1.807) is 69.2 Å². The number of aliphatic hydroxyl groups is 3. The number of thiol groups is 1. The highest BCUT2D eigenvalue weighted by Crippen LogP contribution is 2.24. The molecule has 0 bridgehead atoms. The topological polar surface area (TPSA) is 548 Å². The Bertz CT molecular complexity index is 3080. The van der Waals surface area contributed by atoms with Gasteiger partial charge in [-0.2, -0.15) is 12.6 Å². The van der Waals surface area contributed by atoms with E-state index in [-0.39, 0.29) is 87.5 Å². The number of amides is 15. The fraction of sp³-hybridized carbons (Fsp3) is 0.727. The Balaban J connectivity index is 1.71. The van der Waals surface area contributed by atoms with Crippen LogP contribution in [-0.2, 0) is 78.3 Å². The summed E-state index contributed by atoms with van der Waals surface area (Å²) in [6.07, 6.45) is 0.725. The van der Waals surface area contributed by atoms with E-state index in [9.17, 15) is 87.2 Å². The molecule has 0 unspecified atom stereocenters. The molecular formula is C66H112N18O18S. The first-order chi connectivity index (χ1) is 48.2. The molecule has 37 heteroatoms. The van der Waals surface area contributed by atoms with Crippen LogP contribution in [0.2, 0.25) is 0 Å². The van der Waals surface area contributed by atoms with Crippen molar-refractivity contribution in [3.05, 3.63) is 18.2 Å². The highest BCUT2D eigenvalue weighted by molar-refractivity contribution is 7.80. The third kappa shape index (κ3) is 28.9. The molecule has 0 aliphatic carbocycles. The second kappa shape index (κ2) is 42.9. The van der Waals surface area contributed by atoms with Crippen molar-refractivity contribution in [2.45, 2.75) is 239 Å². The lowest BCUT2D eigenvalue weighted by molar-refractivity contribution is -0.145. The fourth-order valence-corrected chi connectivity index (χ4v) is 11.7. The van der Waals surface area contributed by atoms with Gasteiger partial charge in [-0.25, -0.2) is 4.98 Å². The van der Waals surface area contributed by atoms with Crippen LogP contribution in [0.25, 0.3) is 0 Å². The number of hydrogen-bond donors (Lipinski definition) is 19. The second-order valence-electron chi connectivity index (χ2n) is 28.4. The molecule has 15 amide bonds. The Labute approximate surface area is 606 Å². The van der Waals surface area contributed by atoms with Crippen molar-refractivity contribution in [3.8, 4) is 0 Å². The van der Waals surface area contributed by atoms with Crippen molar-refractivity contribution < 1.29 is 87.2 Å². The number of nitrogens with one attached hydrogen (secondary N) is 13. The van der Waals surface area contributed by atoms with Crippen LogP contribution >= 0.6 is 12.6 Å². The van der Waals surface area contributed by atoms with E-state index in [0.717, 1.165) is 4.90 Å². The zero-order valence-corrected chi connectivity index (χ0v) is 62.1. The monoisotopic (exact) mass is 1480 g/mol. The summed E-state index contributed by atoms with van der Waals surface area (Å²) < 4.78 is 0. The van der Waals surface area contributed by atoms with Gasteiger partial charge in [0.1, 0.15) is 72.5 Å². The molecule has 20 N–H and O–H groups in total. The van der Waals surface area contributed by atoms with Gasteiger partial charge in [0.25, 0.3) is 0 Å². The molecule has 0 radical (unpaired) electrons. The Morgan fingerprint density at radius 2 is 0.913 bits per heavy atom. The number of carbonyl (C=O) groups excluding carboxylic acids is 15. The number of rotatable bonds is 42. The highest BCUT2D eigenvalue weighted by Gasteiger charge is 2.44. The van der Waals surface area contributed by atoms with Crippen LogP contribution in [0.15, 0.2) is 12.5 Å². The Morgan fingerprint density at radius 3 is 1.38 bits per heavy atom. The first-order valence-electron chi connectivity index (χ1n) is 35.0. The number of nitrogens with zero attached hydrogens (tertiary/aromatic N) is 3. The molecule has 0 spiro atoms. The summed E-state index contributed by atoms with van der Waals surface area (Å²) in [7, 11) is 0. The van der Waals surface area contributed by atoms with Crippen LogP contribution < -0.4 is 75.3 Å². The van der Waals surface area contributed by atoms with E-state index < -0.39 is 205 Å². The van der Waals surface area contributed by atoms with Crippen LogP contribution in [0, 0.1) is 29.6 Å². The molecule has 2 fully saturated rings. The lowest BCUT2D eigenvalue weighted by Gasteiger charge is -2.32. The third-order valence-corrected chi connectivity index (χ3v) is 17.4. The molecule has 2 aliphatic heterocycles. The van der Waals surface area contributed by atoms with E-state index in [0.29, 0.717) is 18.5 Å². The van der Waals surface area contributed by atoms with Crippen molar-refractivity contribution in [3.63, 3.8) is 0 Å². The van der Waals surface area contributed by atoms with Crippen LogP contribution in [0.3, 0.4) is 0 Å². The number of primary amides is 1. The molecule has 1 aromatic rings. The minimum absolute atomic E-state index is 0.00571. The normalized spacial score (nSPS) is 18.2. The maximum Gasteiger partial charge on any atom is 0.248 e. The quantitative estimate of drug-likeness (QED) is 0.0271. The summed E-state index contributed by atoms with van der Waals surface area (Å²) in [6, 6.07) is -17.3. The number of nitrogens with two attached hydrogens (primary N) is 2. The molecular weight excluding hydrogens is 1360 g/mol. The highest BCUT2D eigenvalue weighted by atomic mass is 32.1. The average Bonchev–Trinajstić information content (AvgIpc) is 1.68. The molecule has 2 saturated heterocycles. The largest absolute Gasteiger partial charge is 0.394 e. The first kappa shape index (κ1) is 88.7. The minimum Gasteiger partial charge on any atom is -0.394 e. The van der Waals surface area contributed by atoms with Gasteiger partial charge in [0.2, 0.25) is 88.6 Å². The summed E-state index contributed by atoms with van der Waals surface area (Å²) in [6.45, 7) is 19.1. The van der Waals surface area contributed by atoms with Gasteiger partial charge >= 0.3 is 0 Å². The number of aliphatic hydroxyl groups excluding tert-OH is 3. The predicted octanol–water partition coefficient (Wildman–Crippen LogP) is -5.63. The zero-order valence-electron chi connectivity index (χ0n) is 61.2. The SMILES string of the molecule is CC(C)C[C@H](NC(=O)[C@H](C)NC(=O)[C@H](CC(C)C)NC(=O)[C@@H]1CCCN1C(=O)[C@H](CO)NC(=O)[C@@H]1CCCN1C(=O)[C@H](CC(C)C)NC(=O)[C@@H](NC(=O)CNC(=O)CNC(=O)[C@@H](N)CS)[C@@H](C)O)C(=O)N[C@@H](CC(C)C)C(=O)N[C@H](C(=O)N[C@H](C(=O)N[C@@H](Cc1cnc[nH]1)C(N)=O)C(C)C)[C@@H](C)O. The van der Waals surface area contributed by atoms with Crippen LogP contribution in [0.4, 0.5) is 0 Å². The van der Waals surface area contributed by atoms with E-state index in [4.69, 9.17) is 11.5 Å². The van der Waals surface area contributed by atoms with Gasteiger partial charge in [-0.1, -0.05) is 69.2 Å². The lowest BCUT2D eigenvalue weighted by Crippen LogP contribution is -2.62. The predicted molar refractivity (Wildman–Crippen MR) is 377 cm³/mol. The van der Waals surface area contributed by atoms with Crippen molar-refractivity contribution in [2.75, 3.05) is 38.5 Å². The summed E-state index contributed by atoms with van der Waals surface area (Å²) >= 11 is 3.92. The van der Waals surface area contributed by atoms with Crippen molar-refractivity contribution in [2.24, 2.45) is 41.1 Å². The van der Waals surface area contributed by atoms with Gasteiger partial charge in [-0.3, -0.25) is 71.9 Å². The van der Waals surface area contributed by atoms with Gasteiger partial charge in [-0.15, -0.1) is 0 Å². The zero-order chi connectivity index (χ0) is 77.9. The molecule has 580 valence electrons. The van der Waals surface area contributed by atoms with Crippen molar-refractivity contribution >= 4 is 101 Å². The van der Waals surface area contributed by atoms with Crippen molar-refractivity contribution in [1.29, 1.82) is 0 Å². The summed E-state index contributed by atoms with van der Waals surface area (Å²) in [5.41, 5.74) is 11.6. The van der Waals surface area contributed by atoms with Gasteiger partial charge in [0.05, 0.1) is 44.3 Å². The van der Waals surface area contributed by atoms with Gasteiger partial charge in [0.15, 0.2) is 0 Å². The van der Waals surface area contributed by atoms with Crippen LogP contribution in [0.1, 0.15) is 147 Å². The van der Waals surface area contributed by atoms with E-state index >= 15 is 0 Å². The Morgan fingerprint density at radius 1 is 0.505 bits per heavy atom. The number of aromatic amines is 1. The molecule has 1 aromatic heterocycles. The van der Waals surface area contributed by atoms with E-state index in [1.165, 1.54) is 38.2 Å². The molecule has 103 heavy (non-hydrogen) atoms. The molecule has 0 saturated carbocycles. The van der Waals surface area contributed by atoms with Crippen LogP contribution in [-0.4, -0.2) is 253 Å². The smallest absolute Gasteiger partial charge is 0.248 e. The molecule has 3 heterocycles. The molecule has 2 aliphatic rings. The number of aromatic nitrogens is 2. The number of hydrogen-bond acceptors (Lipinski definition) is 21. The number of likely N-dealkylation sites (tertiary alicyclic amines) is 2. The number of H-pyrrole nitrogens is 1. The van der Waals surface area contributed by atoms with Gasteiger partial charge in [-0.05, 0) is 102 Å². The van der Waals surface area contributed by atoms with Crippen LogP contribution in [0.5, 0.6) is 0 Å². The minimum atomic E-state index is -1.66.